The maximum Gasteiger partial charge on any atom is 0.227 e. The molecule has 6 nitrogen and oxygen atoms in total. The van der Waals surface area contributed by atoms with Crippen LogP contribution in [0.4, 0.5) is 11.4 Å². The van der Waals surface area contributed by atoms with Crippen LogP contribution in [0.1, 0.15) is 26.2 Å². The fraction of sp³-hybridized carbons (Fsp3) is 0.579. The molecular weight excluding hydrogens is 318 g/mol. The molecule has 0 aromatic heterocycles. The topological polar surface area (TPSA) is 61.9 Å². The summed E-state index contributed by atoms with van der Waals surface area (Å²) >= 11 is 0. The summed E-state index contributed by atoms with van der Waals surface area (Å²) < 4.78 is 5.41. The fourth-order valence-corrected chi connectivity index (χ4v) is 3.51. The zero-order valence-corrected chi connectivity index (χ0v) is 14.9. The number of nitrogens with zero attached hydrogens (tertiary/aromatic N) is 2. The zero-order chi connectivity index (χ0) is 17.6. The van der Waals surface area contributed by atoms with Gasteiger partial charge in [-0.1, -0.05) is 19.1 Å². The molecule has 1 aromatic carbocycles. The van der Waals surface area contributed by atoms with E-state index in [4.69, 9.17) is 4.74 Å². The van der Waals surface area contributed by atoms with Gasteiger partial charge in [0.2, 0.25) is 11.8 Å². The molecule has 0 aliphatic carbocycles. The van der Waals surface area contributed by atoms with E-state index in [-0.39, 0.29) is 17.7 Å². The zero-order valence-electron chi connectivity index (χ0n) is 14.9. The maximum atomic E-state index is 12.7. The summed E-state index contributed by atoms with van der Waals surface area (Å²) in [4.78, 5) is 28.6. The number of para-hydroxylation sites is 2. The number of hydrogen-bond acceptors (Lipinski definition) is 4. The van der Waals surface area contributed by atoms with Crippen molar-refractivity contribution in [3.05, 3.63) is 24.3 Å². The van der Waals surface area contributed by atoms with Gasteiger partial charge in [-0.05, 0) is 25.0 Å². The normalized spacial score (nSPS) is 18.9. The Kier molecular flexibility index (Phi) is 5.91. The number of likely N-dealkylation sites (tertiary alicyclic amines) is 1. The highest BCUT2D eigenvalue weighted by atomic mass is 16.5. The van der Waals surface area contributed by atoms with Gasteiger partial charge >= 0.3 is 0 Å². The number of nitrogens with one attached hydrogen (secondary N) is 1. The van der Waals surface area contributed by atoms with E-state index in [0.29, 0.717) is 32.7 Å². The van der Waals surface area contributed by atoms with E-state index in [1.807, 2.05) is 36.1 Å². The molecule has 2 aliphatic rings. The van der Waals surface area contributed by atoms with Crippen molar-refractivity contribution in [2.24, 2.45) is 5.92 Å². The second-order valence-electron chi connectivity index (χ2n) is 6.61. The number of ether oxygens (including phenoxy) is 1. The lowest BCUT2D eigenvalue weighted by Gasteiger charge is -2.32. The summed E-state index contributed by atoms with van der Waals surface area (Å²) in [7, 11) is 0. The van der Waals surface area contributed by atoms with Crippen molar-refractivity contribution in [2.45, 2.75) is 26.2 Å². The third kappa shape index (κ3) is 4.31. The Morgan fingerprint density at radius 2 is 1.80 bits per heavy atom. The van der Waals surface area contributed by atoms with Crippen LogP contribution >= 0.6 is 0 Å². The molecule has 6 heteroatoms. The highest BCUT2D eigenvalue weighted by Gasteiger charge is 2.27. The van der Waals surface area contributed by atoms with E-state index in [0.717, 1.165) is 37.3 Å². The summed E-state index contributed by atoms with van der Waals surface area (Å²) in [5, 5.41) is 3.11. The predicted molar refractivity (Wildman–Crippen MR) is 97.7 cm³/mol. The number of carbonyl (C=O) groups excluding carboxylic acids is 2. The van der Waals surface area contributed by atoms with E-state index in [9.17, 15) is 9.59 Å². The summed E-state index contributed by atoms with van der Waals surface area (Å²) in [6, 6.07) is 7.94. The average molecular weight is 345 g/mol. The molecule has 25 heavy (non-hydrogen) atoms. The lowest BCUT2D eigenvalue weighted by Crippen LogP contribution is -2.41. The highest BCUT2D eigenvalue weighted by molar-refractivity contribution is 5.96. The molecule has 0 atom stereocenters. The molecular formula is C19H27N3O3. The van der Waals surface area contributed by atoms with Gasteiger partial charge in [0, 0.05) is 38.5 Å². The van der Waals surface area contributed by atoms with Gasteiger partial charge in [-0.15, -0.1) is 0 Å². The van der Waals surface area contributed by atoms with Crippen molar-refractivity contribution in [1.29, 1.82) is 0 Å². The number of rotatable bonds is 4. The first-order valence-electron chi connectivity index (χ1n) is 9.19. The number of anilines is 2. The molecule has 3 rings (SSSR count). The maximum absolute atomic E-state index is 12.7. The number of amides is 2. The van der Waals surface area contributed by atoms with E-state index in [1.165, 1.54) is 0 Å². The Morgan fingerprint density at radius 3 is 2.48 bits per heavy atom. The molecule has 0 unspecified atom stereocenters. The van der Waals surface area contributed by atoms with Crippen LogP contribution in [0, 0.1) is 5.92 Å². The van der Waals surface area contributed by atoms with Gasteiger partial charge < -0.3 is 19.9 Å². The van der Waals surface area contributed by atoms with Gasteiger partial charge in [0.1, 0.15) is 0 Å². The van der Waals surface area contributed by atoms with Crippen molar-refractivity contribution >= 4 is 23.2 Å². The number of morpholine rings is 1. The molecule has 0 radical (unpaired) electrons. The van der Waals surface area contributed by atoms with Crippen LogP contribution in [-0.2, 0) is 14.3 Å². The molecule has 0 bridgehead atoms. The van der Waals surface area contributed by atoms with Crippen molar-refractivity contribution in [3.8, 4) is 0 Å². The van der Waals surface area contributed by atoms with Gasteiger partial charge in [0.25, 0.3) is 0 Å². The second kappa shape index (κ2) is 8.34. The van der Waals surface area contributed by atoms with Crippen LogP contribution < -0.4 is 10.2 Å². The summed E-state index contributed by atoms with van der Waals surface area (Å²) in [5.41, 5.74) is 1.92. The smallest absolute Gasteiger partial charge is 0.227 e. The molecule has 1 N–H and O–H groups in total. The molecule has 136 valence electrons. The second-order valence-corrected chi connectivity index (χ2v) is 6.61. The van der Waals surface area contributed by atoms with Gasteiger partial charge in [0.05, 0.1) is 24.6 Å². The molecule has 2 saturated heterocycles. The first kappa shape index (κ1) is 17.7. The minimum Gasteiger partial charge on any atom is -0.378 e. The van der Waals surface area contributed by atoms with Gasteiger partial charge in [-0.2, -0.15) is 0 Å². The van der Waals surface area contributed by atoms with E-state index >= 15 is 0 Å². The van der Waals surface area contributed by atoms with E-state index in [1.54, 1.807) is 0 Å². The number of hydrogen-bond donors (Lipinski definition) is 1. The Morgan fingerprint density at radius 1 is 1.12 bits per heavy atom. The molecule has 2 fully saturated rings. The van der Waals surface area contributed by atoms with Gasteiger partial charge in [-0.3, -0.25) is 9.59 Å². The van der Waals surface area contributed by atoms with Crippen molar-refractivity contribution in [3.63, 3.8) is 0 Å². The third-order valence-corrected chi connectivity index (χ3v) is 5.03. The largest absolute Gasteiger partial charge is 0.378 e. The third-order valence-electron chi connectivity index (χ3n) is 5.03. The SMILES string of the molecule is CCC(=O)N1CCC(C(=O)Nc2ccccc2N2CCOCC2)CC1. The average Bonchev–Trinajstić information content (AvgIpc) is 2.68. The molecule has 2 heterocycles. The summed E-state index contributed by atoms with van der Waals surface area (Å²) in [5.74, 6) is 0.208. The summed E-state index contributed by atoms with van der Waals surface area (Å²) in [6.45, 7) is 6.34. The van der Waals surface area contributed by atoms with Crippen LogP contribution in [0.2, 0.25) is 0 Å². The molecule has 0 spiro atoms. The summed E-state index contributed by atoms with van der Waals surface area (Å²) in [6.07, 6.45) is 2.00. The van der Waals surface area contributed by atoms with Gasteiger partial charge in [0.15, 0.2) is 0 Å². The van der Waals surface area contributed by atoms with Gasteiger partial charge in [-0.25, -0.2) is 0 Å². The quantitative estimate of drug-likeness (QED) is 0.908. The van der Waals surface area contributed by atoms with Crippen LogP contribution in [0.5, 0.6) is 0 Å². The molecule has 1 aromatic rings. The molecule has 2 aliphatic heterocycles. The standard InChI is InChI=1S/C19H27N3O3/c1-2-18(23)22-9-7-15(8-10-22)19(24)20-16-5-3-4-6-17(16)21-11-13-25-14-12-21/h3-6,15H,2,7-14H2,1H3,(H,20,24). The minimum atomic E-state index is -0.0290. The Labute approximate surface area is 149 Å². The Hall–Kier alpha value is -2.08. The van der Waals surface area contributed by atoms with Crippen LogP contribution in [0.15, 0.2) is 24.3 Å². The van der Waals surface area contributed by atoms with Crippen molar-refractivity contribution < 1.29 is 14.3 Å². The number of benzene rings is 1. The van der Waals surface area contributed by atoms with Crippen LogP contribution in [0.25, 0.3) is 0 Å². The number of piperidine rings is 1. The fourth-order valence-electron chi connectivity index (χ4n) is 3.51. The Bertz CT molecular complexity index is 606. The lowest BCUT2D eigenvalue weighted by atomic mass is 9.95. The highest BCUT2D eigenvalue weighted by Crippen LogP contribution is 2.28. The van der Waals surface area contributed by atoms with E-state index < -0.39 is 0 Å². The van der Waals surface area contributed by atoms with Crippen molar-refractivity contribution in [2.75, 3.05) is 49.6 Å². The monoisotopic (exact) mass is 345 g/mol. The molecule has 0 saturated carbocycles. The minimum absolute atomic E-state index is 0.0290. The first-order chi connectivity index (χ1) is 12.2. The molecule has 2 amide bonds. The predicted octanol–water partition coefficient (Wildman–Crippen LogP) is 2.11. The van der Waals surface area contributed by atoms with Crippen LogP contribution in [-0.4, -0.2) is 56.1 Å². The number of carbonyl (C=O) groups is 2. The van der Waals surface area contributed by atoms with Crippen LogP contribution in [0.3, 0.4) is 0 Å². The lowest BCUT2D eigenvalue weighted by molar-refractivity contribution is -0.134. The van der Waals surface area contributed by atoms with E-state index in [2.05, 4.69) is 10.2 Å². The first-order valence-corrected chi connectivity index (χ1v) is 9.19. The van der Waals surface area contributed by atoms with Crippen molar-refractivity contribution in [1.82, 2.24) is 4.90 Å². The Balaban J connectivity index is 1.61.